The van der Waals surface area contributed by atoms with Crippen LogP contribution in [0.2, 0.25) is 0 Å². The fourth-order valence-corrected chi connectivity index (χ4v) is 3.49. The predicted octanol–water partition coefficient (Wildman–Crippen LogP) is 3.23. The van der Waals surface area contributed by atoms with Crippen LogP contribution in [0.4, 0.5) is 5.82 Å². The first-order valence-electron chi connectivity index (χ1n) is 7.75. The molecule has 7 heteroatoms. The molecule has 0 aliphatic heterocycles. The maximum Gasteiger partial charge on any atom is 0.348 e. The molecule has 3 rings (SSSR count). The fraction of sp³-hybridized carbons (Fsp3) is 0.294. The van der Waals surface area contributed by atoms with Gasteiger partial charge < -0.3 is 10.1 Å². The second-order valence-electron chi connectivity index (χ2n) is 5.18. The van der Waals surface area contributed by atoms with Gasteiger partial charge in [0.05, 0.1) is 12.0 Å². The van der Waals surface area contributed by atoms with Crippen molar-refractivity contribution in [3.63, 3.8) is 0 Å². The highest BCUT2D eigenvalue weighted by Gasteiger charge is 2.19. The summed E-state index contributed by atoms with van der Waals surface area (Å²) >= 11 is 1.34. The number of carbonyl (C=O) groups excluding carboxylic acids is 1. The largest absolute Gasteiger partial charge is 0.462 e. The Hall–Kier alpha value is -2.54. The van der Waals surface area contributed by atoms with E-state index in [9.17, 15) is 4.79 Å². The molecule has 1 N–H and O–H groups in total. The Morgan fingerprint density at radius 2 is 2.17 bits per heavy atom. The molecule has 3 aromatic rings. The van der Waals surface area contributed by atoms with Crippen molar-refractivity contribution < 1.29 is 9.53 Å². The number of hydrogen-bond acceptors (Lipinski definition) is 7. The van der Waals surface area contributed by atoms with Crippen molar-refractivity contribution in [2.24, 2.45) is 0 Å². The van der Waals surface area contributed by atoms with Crippen molar-refractivity contribution in [1.82, 2.24) is 15.0 Å². The monoisotopic (exact) mass is 342 g/mol. The number of fused-ring (bicyclic) bond motifs is 1. The van der Waals surface area contributed by atoms with E-state index < -0.39 is 0 Å². The molecule has 0 saturated carbocycles. The first-order valence-corrected chi connectivity index (χ1v) is 8.57. The van der Waals surface area contributed by atoms with Crippen molar-refractivity contribution in [3.05, 3.63) is 46.9 Å². The molecule has 0 saturated heterocycles. The van der Waals surface area contributed by atoms with Crippen LogP contribution < -0.4 is 5.32 Å². The van der Waals surface area contributed by atoms with Crippen LogP contribution in [0.15, 0.2) is 30.7 Å². The molecule has 0 aliphatic rings. The second-order valence-corrected chi connectivity index (χ2v) is 6.18. The lowest BCUT2D eigenvalue weighted by Crippen LogP contribution is -2.08. The number of nitrogens with one attached hydrogen (secondary N) is 1. The summed E-state index contributed by atoms with van der Waals surface area (Å²) in [6.45, 7) is 4.75. The number of ether oxygens (including phenoxy) is 1. The van der Waals surface area contributed by atoms with Crippen molar-refractivity contribution in [2.45, 2.75) is 20.3 Å². The number of pyridine rings is 1. The Morgan fingerprint density at radius 1 is 1.29 bits per heavy atom. The van der Waals surface area contributed by atoms with Gasteiger partial charge in [0.1, 0.15) is 21.9 Å². The lowest BCUT2D eigenvalue weighted by atomic mass is 10.2. The van der Waals surface area contributed by atoms with E-state index in [-0.39, 0.29) is 5.97 Å². The molecule has 24 heavy (non-hydrogen) atoms. The van der Waals surface area contributed by atoms with Crippen LogP contribution in [0.3, 0.4) is 0 Å². The molecule has 0 fully saturated rings. The van der Waals surface area contributed by atoms with Crippen LogP contribution in [0, 0.1) is 6.92 Å². The number of aryl methyl sites for hydroxylation is 1. The van der Waals surface area contributed by atoms with Gasteiger partial charge in [0, 0.05) is 24.9 Å². The molecule has 0 aromatic carbocycles. The standard InChI is InChI=1S/C17H18N4O2S/c1-3-23-17(22)14-11(2)13-15(20-10-21-16(13)24-14)19-9-7-12-6-4-5-8-18-12/h4-6,8,10H,3,7,9H2,1-2H3,(H,19,20,21). The molecule has 0 amide bonds. The summed E-state index contributed by atoms with van der Waals surface area (Å²) in [5.41, 5.74) is 1.87. The van der Waals surface area contributed by atoms with Gasteiger partial charge in [-0.25, -0.2) is 14.8 Å². The molecule has 0 unspecified atom stereocenters. The van der Waals surface area contributed by atoms with Crippen LogP contribution in [-0.2, 0) is 11.2 Å². The summed E-state index contributed by atoms with van der Waals surface area (Å²) in [5.74, 6) is 0.428. The number of esters is 1. The summed E-state index contributed by atoms with van der Waals surface area (Å²) in [6.07, 6.45) is 4.09. The molecule has 6 nitrogen and oxygen atoms in total. The third-order valence-corrected chi connectivity index (χ3v) is 4.77. The van der Waals surface area contributed by atoms with E-state index in [1.807, 2.05) is 25.1 Å². The van der Waals surface area contributed by atoms with E-state index >= 15 is 0 Å². The summed E-state index contributed by atoms with van der Waals surface area (Å²) in [4.78, 5) is 26.3. The summed E-state index contributed by atoms with van der Waals surface area (Å²) < 4.78 is 5.11. The maximum absolute atomic E-state index is 12.1. The number of nitrogens with zero attached hydrogens (tertiary/aromatic N) is 3. The zero-order valence-electron chi connectivity index (χ0n) is 13.6. The molecule has 3 heterocycles. The minimum Gasteiger partial charge on any atom is -0.462 e. The van der Waals surface area contributed by atoms with Gasteiger partial charge in [-0.2, -0.15) is 0 Å². The highest BCUT2D eigenvalue weighted by molar-refractivity contribution is 7.20. The van der Waals surface area contributed by atoms with Crippen LogP contribution in [-0.4, -0.2) is 34.1 Å². The smallest absolute Gasteiger partial charge is 0.348 e. The van der Waals surface area contributed by atoms with Gasteiger partial charge >= 0.3 is 5.97 Å². The fourth-order valence-electron chi connectivity index (χ4n) is 2.45. The zero-order valence-corrected chi connectivity index (χ0v) is 14.4. The lowest BCUT2D eigenvalue weighted by Gasteiger charge is -2.07. The Morgan fingerprint density at radius 3 is 2.92 bits per heavy atom. The van der Waals surface area contributed by atoms with Gasteiger partial charge in [-0.1, -0.05) is 6.07 Å². The molecule has 0 radical (unpaired) electrons. The Labute approximate surface area is 143 Å². The van der Waals surface area contributed by atoms with Crippen LogP contribution in [0.5, 0.6) is 0 Å². The van der Waals surface area contributed by atoms with Crippen LogP contribution in [0.25, 0.3) is 10.2 Å². The quantitative estimate of drug-likeness (QED) is 0.693. The van der Waals surface area contributed by atoms with Gasteiger partial charge in [-0.15, -0.1) is 11.3 Å². The number of carbonyl (C=O) groups is 1. The first kappa shape index (κ1) is 16.3. The first-order chi connectivity index (χ1) is 11.7. The Balaban J connectivity index is 1.82. The number of anilines is 1. The normalized spacial score (nSPS) is 10.8. The van der Waals surface area contributed by atoms with E-state index in [2.05, 4.69) is 20.3 Å². The van der Waals surface area contributed by atoms with E-state index in [0.29, 0.717) is 18.0 Å². The van der Waals surface area contributed by atoms with E-state index in [1.54, 1.807) is 13.1 Å². The highest BCUT2D eigenvalue weighted by atomic mass is 32.1. The van der Waals surface area contributed by atoms with Crippen molar-refractivity contribution in [2.75, 3.05) is 18.5 Å². The van der Waals surface area contributed by atoms with Crippen LogP contribution in [0.1, 0.15) is 27.9 Å². The summed E-state index contributed by atoms with van der Waals surface area (Å²) in [5, 5.41) is 4.21. The van der Waals surface area contributed by atoms with Crippen molar-refractivity contribution in [3.8, 4) is 0 Å². The average molecular weight is 342 g/mol. The lowest BCUT2D eigenvalue weighted by molar-refractivity contribution is 0.0531. The molecular weight excluding hydrogens is 324 g/mol. The third kappa shape index (κ3) is 3.35. The number of thiophene rings is 1. The zero-order chi connectivity index (χ0) is 16.9. The number of hydrogen-bond donors (Lipinski definition) is 1. The molecule has 0 aliphatic carbocycles. The predicted molar refractivity (Wildman–Crippen MR) is 94.5 cm³/mol. The van der Waals surface area contributed by atoms with Gasteiger partial charge in [-0.05, 0) is 31.5 Å². The molecule has 0 atom stereocenters. The molecule has 0 spiro atoms. The van der Waals surface area contributed by atoms with Crippen molar-refractivity contribution in [1.29, 1.82) is 0 Å². The topological polar surface area (TPSA) is 77.0 Å². The third-order valence-electron chi connectivity index (χ3n) is 3.59. The van der Waals surface area contributed by atoms with Crippen LogP contribution >= 0.6 is 11.3 Å². The highest BCUT2D eigenvalue weighted by Crippen LogP contribution is 2.33. The Bertz CT molecular complexity index is 848. The van der Waals surface area contributed by atoms with Gasteiger partial charge in [-0.3, -0.25) is 4.98 Å². The second kappa shape index (κ2) is 7.35. The number of aromatic nitrogens is 3. The number of rotatable bonds is 6. The molecule has 0 bridgehead atoms. The van der Waals surface area contributed by atoms with E-state index in [0.717, 1.165) is 33.7 Å². The van der Waals surface area contributed by atoms with Crippen molar-refractivity contribution >= 4 is 33.3 Å². The minimum absolute atomic E-state index is 0.308. The SMILES string of the molecule is CCOC(=O)c1sc2ncnc(NCCc3ccccn3)c2c1C. The molecule has 124 valence electrons. The average Bonchev–Trinajstić information content (AvgIpc) is 2.94. The van der Waals surface area contributed by atoms with E-state index in [4.69, 9.17) is 4.74 Å². The molecular formula is C17H18N4O2S. The Kier molecular flexibility index (Phi) is 5.00. The van der Waals surface area contributed by atoms with Gasteiger partial charge in [0.2, 0.25) is 0 Å². The maximum atomic E-state index is 12.1. The summed E-state index contributed by atoms with van der Waals surface area (Å²) in [7, 11) is 0. The summed E-state index contributed by atoms with van der Waals surface area (Å²) in [6, 6.07) is 5.86. The van der Waals surface area contributed by atoms with Gasteiger partial charge in [0.15, 0.2) is 0 Å². The van der Waals surface area contributed by atoms with Gasteiger partial charge in [0.25, 0.3) is 0 Å². The minimum atomic E-state index is -0.308. The van der Waals surface area contributed by atoms with E-state index in [1.165, 1.54) is 17.7 Å². The molecule has 3 aromatic heterocycles.